The molecule has 2 unspecified atom stereocenters. The molecule has 0 aromatic rings. The summed E-state index contributed by atoms with van der Waals surface area (Å²) in [6.45, 7) is 4.11. The number of allylic oxidation sites excluding steroid dienone is 2. The number of hydrazone groups is 1. The molecule has 0 saturated heterocycles. The quantitative estimate of drug-likeness (QED) is 0.426. The van der Waals surface area contributed by atoms with Gasteiger partial charge in [0.25, 0.3) is 0 Å². The minimum atomic E-state index is 0.353. The number of nitrogens with one attached hydrogen (secondary N) is 2. The van der Waals surface area contributed by atoms with Crippen LogP contribution in [0.2, 0.25) is 0 Å². The standard InChI is InChI=1S/C11H17N3S/c1-7(2)12-11(15)14-13-10-6-8-4-3-5-9(8)10/h3,5,7-9H,4,6H2,1-2H3,(H2,12,14,15). The summed E-state index contributed by atoms with van der Waals surface area (Å²) in [4.78, 5) is 0. The number of hydrogen-bond donors (Lipinski definition) is 2. The van der Waals surface area contributed by atoms with Gasteiger partial charge in [-0.25, -0.2) is 0 Å². The summed E-state index contributed by atoms with van der Waals surface area (Å²) in [5, 5.41) is 8.05. The van der Waals surface area contributed by atoms with Crippen LogP contribution in [0.15, 0.2) is 17.3 Å². The van der Waals surface area contributed by atoms with Crippen LogP contribution in [0.25, 0.3) is 0 Å². The van der Waals surface area contributed by atoms with Gasteiger partial charge in [-0.3, -0.25) is 5.43 Å². The van der Waals surface area contributed by atoms with E-state index in [4.69, 9.17) is 12.2 Å². The molecule has 2 N–H and O–H groups in total. The highest BCUT2D eigenvalue weighted by Gasteiger charge is 2.37. The molecule has 2 rings (SSSR count). The van der Waals surface area contributed by atoms with Gasteiger partial charge < -0.3 is 5.32 Å². The number of fused-ring (bicyclic) bond motifs is 1. The fourth-order valence-corrected chi connectivity index (χ4v) is 2.36. The van der Waals surface area contributed by atoms with E-state index in [0.717, 1.165) is 12.3 Å². The zero-order valence-corrected chi connectivity index (χ0v) is 9.97. The van der Waals surface area contributed by atoms with Crippen LogP contribution in [-0.4, -0.2) is 16.9 Å². The average Bonchev–Trinajstić information content (AvgIpc) is 2.46. The van der Waals surface area contributed by atoms with Gasteiger partial charge in [0.1, 0.15) is 0 Å². The molecular weight excluding hydrogens is 206 g/mol. The molecule has 0 bridgehead atoms. The summed E-state index contributed by atoms with van der Waals surface area (Å²) in [5.41, 5.74) is 4.14. The van der Waals surface area contributed by atoms with E-state index in [-0.39, 0.29) is 0 Å². The van der Waals surface area contributed by atoms with E-state index in [2.05, 4.69) is 41.8 Å². The summed E-state index contributed by atoms with van der Waals surface area (Å²) in [5.74, 6) is 1.40. The molecule has 0 aromatic heterocycles. The maximum atomic E-state index is 5.09. The summed E-state index contributed by atoms with van der Waals surface area (Å²) < 4.78 is 0. The summed E-state index contributed by atoms with van der Waals surface area (Å²) in [6, 6.07) is 0.353. The smallest absolute Gasteiger partial charge is 0.187 e. The summed E-state index contributed by atoms with van der Waals surface area (Å²) >= 11 is 5.09. The van der Waals surface area contributed by atoms with Gasteiger partial charge in [-0.15, -0.1) is 0 Å². The number of thiocarbonyl (C=S) groups is 1. The molecule has 0 amide bonds. The third-order valence-corrected chi connectivity index (χ3v) is 3.08. The Morgan fingerprint density at radius 1 is 1.60 bits per heavy atom. The van der Waals surface area contributed by atoms with Crippen LogP contribution in [0.5, 0.6) is 0 Å². The first-order valence-electron chi connectivity index (χ1n) is 5.46. The van der Waals surface area contributed by atoms with Gasteiger partial charge in [0.05, 0.1) is 0 Å². The zero-order valence-electron chi connectivity index (χ0n) is 9.16. The maximum absolute atomic E-state index is 5.09. The first-order chi connectivity index (χ1) is 7.16. The normalized spacial score (nSPS) is 30.2. The second-order valence-electron chi connectivity index (χ2n) is 4.50. The van der Waals surface area contributed by atoms with Crippen molar-refractivity contribution < 1.29 is 0 Å². The van der Waals surface area contributed by atoms with E-state index >= 15 is 0 Å². The van der Waals surface area contributed by atoms with E-state index in [9.17, 15) is 0 Å². The third kappa shape index (κ3) is 2.37. The van der Waals surface area contributed by atoms with Crippen molar-refractivity contribution in [1.82, 2.24) is 10.7 Å². The molecule has 15 heavy (non-hydrogen) atoms. The molecule has 0 spiro atoms. The maximum Gasteiger partial charge on any atom is 0.187 e. The molecule has 3 nitrogen and oxygen atoms in total. The first kappa shape index (κ1) is 10.6. The van der Waals surface area contributed by atoms with Crippen molar-refractivity contribution in [3.05, 3.63) is 12.2 Å². The Balaban J connectivity index is 1.80. The van der Waals surface area contributed by atoms with Gasteiger partial charge >= 0.3 is 0 Å². The van der Waals surface area contributed by atoms with Crippen molar-refractivity contribution in [3.8, 4) is 0 Å². The Hall–Kier alpha value is -0.900. The van der Waals surface area contributed by atoms with Crippen molar-refractivity contribution in [2.45, 2.75) is 32.7 Å². The Labute approximate surface area is 96.0 Å². The highest BCUT2D eigenvalue weighted by Crippen LogP contribution is 2.39. The molecule has 0 aromatic carbocycles. The van der Waals surface area contributed by atoms with Gasteiger partial charge in [0.15, 0.2) is 5.11 Å². The molecule has 4 heteroatoms. The minimum Gasteiger partial charge on any atom is -0.359 e. The monoisotopic (exact) mass is 223 g/mol. The van der Waals surface area contributed by atoms with Crippen LogP contribution < -0.4 is 10.7 Å². The van der Waals surface area contributed by atoms with Crippen LogP contribution in [-0.2, 0) is 0 Å². The lowest BCUT2D eigenvalue weighted by Crippen LogP contribution is -2.40. The molecule has 0 aliphatic heterocycles. The fourth-order valence-electron chi connectivity index (χ4n) is 2.08. The zero-order chi connectivity index (χ0) is 10.8. The molecule has 1 saturated carbocycles. The van der Waals surface area contributed by atoms with Gasteiger partial charge in [-0.2, -0.15) is 5.10 Å². The predicted molar refractivity (Wildman–Crippen MR) is 66.8 cm³/mol. The van der Waals surface area contributed by atoms with Gasteiger partial charge in [0.2, 0.25) is 0 Å². The van der Waals surface area contributed by atoms with Crippen LogP contribution in [0, 0.1) is 11.8 Å². The summed E-state index contributed by atoms with van der Waals surface area (Å²) in [7, 11) is 0. The highest BCUT2D eigenvalue weighted by atomic mass is 32.1. The average molecular weight is 223 g/mol. The highest BCUT2D eigenvalue weighted by molar-refractivity contribution is 7.80. The molecule has 1 fully saturated rings. The van der Waals surface area contributed by atoms with Gasteiger partial charge in [0, 0.05) is 17.7 Å². The molecule has 2 aliphatic rings. The van der Waals surface area contributed by atoms with Gasteiger partial charge in [-0.1, -0.05) is 12.2 Å². The van der Waals surface area contributed by atoms with E-state index in [1.54, 1.807) is 0 Å². The van der Waals surface area contributed by atoms with Crippen molar-refractivity contribution in [3.63, 3.8) is 0 Å². The SMILES string of the molecule is CC(C)NC(=S)NN=C1CC2CC=CC12. The molecular formula is C11H17N3S. The largest absolute Gasteiger partial charge is 0.359 e. The molecule has 2 atom stereocenters. The second kappa shape index (κ2) is 4.31. The van der Waals surface area contributed by atoms with Crippen molar-refractivity contribution >= 4 is 23.0 Å². The van der Waals surface area contributed by atoms with E-state index in [1.165, 1.54) is 12.1 Å². The van der Waals surface area contributed by atoms with Crippen molar-refractivity contribution in [2.75, 3.05) is 0 Å². The lowest BCUT2D eigenvalue weighted by molar-refractivity contribution is 0.444. The second-order valence-corrected chi connectivity index (χ2v) is 4.91. The van der Waals surface area contributed by atoms with Crippen molar-refractivity contribution in [1.29, 1.82) is 0 Å². The van der Waals surface area contributed by atoms with E-state index in [0.29, 0.717) is 17.1 Å². The third-order valence-electron chi connectivity index (χ3n) is 2.87. The Morgan fingerprint density at radius 2 is 2.40 bits per heavy atom. The molecule has 82 valence electrons. The van der Waals surface area contributed by atoms with Crippen LogP contribution in [0.1, 0.15) is 26.7 Å². The molecule has 2 aliphatic carbocycles. The van der Waals surface area contributed by atoms with Crippen LogP contribution >= 0.6 is 12.2 Å². The summed E-state index contributed by atoms with van der Waals surface area (Å²) in [6.07, 6.45) is 6.85. The molecule has 0 heterocycles. The van der Waals surface area contributed by atoms with E-state index in [1.807, 2.05) is 0 Å². The minimum absolute atomic E-state index is 0.353. The van der Waals surface area contributed by atoms with Crippen molar-refractivity contribution in [2.24, 2.45) is 16.9 Å². The Bertz CT molecular complexity index is 320. The number of rotatable bonds is 2. The first-order valence-corrected chi connectivity index (χ1v) is 5.87. The number of hydrogen-bond acceptors (Lipinski definition) is 2. The fraction of sp³-hybridized carbons (Fsp3) is 0.636. The number of nitrogens with zero attached hydrogens (tertiary/aromatic N) is 1. The Kier molecular flexibility index (Phi) is 3.05. The van der Waals surface area contributed by atoms with Gasteiger partial charge in [-0.05, 0) is 44.8 Å². The molecule has 0 radical (unpaired) electrons. The predicted octanol–water partition coefficient (Wildman–Crippen LogP) is 1.81. The van der Waals surface area contributed by atoms with E-state index < -0.39 is 0 Å². The topological polar surface area (TPSA) is 36.4 Å². The lowest BCUT2D eigenvalue weighted by Gasteiger charge is -2.31. The van der Waals surface area contributed by atoms with Crippen LogP contribution in [0.3, 0.4) is 0 Å². The van der Waals surface area contributed by atoms with Crippen LogP contribution in [0.4, 0.5) is 0 Å². The lowest BCUT2D eigenvalue weighted by atomic mass is 9.74. The Morgan fingerprint density at radius 3 is 3.07 bits per heavy atom.